The highest BCUT2D eigenvalue weighted by Gasteiger charge is 2.23. The second-order valence-corrected chi connectivity index (χ2v) is 5.41. The summed E-state index contributed by atoms with van der Waals surface area (Å²) in [6, 6.07) is 17.6. The topological polar surface area (TPSA) is 27.7 Å². The van der Waals surface area contributed by atoms with Crippen molar-refractivity contribution in [2.24, 2.45) is 0 Å². The highest BCUT2D eigenvalue weighted by Crippen LogP contribution is 2.24. The first kappa shape index (κ1) is 14.5. The van der Waals surface area contributed by atoms with E-state index in [0.717, 1.165) is 16.1 Å². The molecule has 1 aliphatic heterocycles. The molecule has 1 saturated heterocycles. The molecule has 2 aromatic carbocycles. The van der Waals surface area contributed by atoms with Crippen molar-refractivity contribution in [2.45, 2.75) is 19.0 Å². The molecule has 1 fully saturated rings. The standard InChI is InChI=1S/C17H17ClO3/c18-15-8-4-5-13(9-15)10-19-16-11-20-17(21-12-16)14-6-2-1-3-7-14/h1-9,16-17H,10-12H2/t16-,17+. The van der Waals surface area contributed by atoms with E-state index in [-0.39, 0.29) is 12.4 Å². The van der Waals surface area contributed by atoms with Gasteiger partial charge in [0.2, 0.25) is 0 Å². The van der Waals surface area contributed by atoms with Crippen LogP contribution in [-0.2, 0) is 20.8 Å². The lowest BCUT2D eigenvalue weighted by Gasteiger charge is -2.29. The molecule has 0 saturated carbocycles. The maximum absolute atomic E-state index is 5.95. The fourth-order valence-electron chi connectivity index (χ4n) is 2.23. The van der Waals surface area contributed by atoms with Crippen molar-refractivity contribution >= 4 is 11.6 Å². The van der Waals surface area contributed by atoms with Crippen molar-refractivity contribution in [1.29, 1.82) is 0 Å². The molecule has 110 valence electrons. The van der Waals surface area contributed by atoms with Crippen molar-refractivity contribution in [3.63, 3.8) is 0 Å². The Hall–Kier alpha value is -1.39. The lowest BCUT2D eigenvalue weighted by atomic mass is 10.2. The summed E-state index contributed by atoms with van der Waals surface area (Å²) < 4.78 is 17.2. The van der Waals surface area contributed by atoms with Crippen molar-refractivity contribution in [3.05, 3.63) is 70.7 Å². The summed E-state index contributed by atoms with van der Waals surface area (Å²) in [5, 5.41) is 0.719. The first-order valence-corrected chi connectivity index (χ1v) is 7.33. The fraction of sp³-hybridized carbons (Fsp3) is 0.294. The Morgan fingerprint density at radius 2 is 1.76 bits per heavy atom. The molecule has 0 amide bonds. The first-order chi connectivity index (χ1) is 10.3. The predicted molar refractivity (Wildman–Crippen MR) is 81.1 cm³/mol. The van der Waals surface area contributed by atoms with Gasteiger partial charge in [-0.25, -0.2) is 0 Å². The quantitative estimate of drug-likeness (QED) is 0.855. The minimum atomic E-state index is -0.294. The molecule has 2 aromatic rings. The number of hydrogen-bond acceptors (Lipinski definition) is 3. The lowest BCUT2D eigenvalue weighted by Crippen LogP contribution is -2.33. The minimum Gasteiger partial charge on any atom is -0.369 e. The smallest absolute Gasteiger partial charge is 0.184 e. The Morgan fingerprint density at radius 3 is 2.48 bits per heavy atom. The Balaban J connectivity index is 1.48. The summed E-state index contributed by atoms with van der Waals surface area (Å²) in [5.41, 5.74) is 2.08. The average Bonchev–Trinajstić information content (AvgIpc) is 2.54. The molecular weight excluding hydrogens is 288 g/mol. The fourth-order valence-corrected chi connectivity index (χ4v) is 2.44. The third-order valence-corrected chi connectivity index (χ3v) is 3.55. The number of benzene rings is 2. The van der Waals surface area contributed by atoms with Crippen LogP contribution in [0.25, 0.3) is 0 Å². The van der Waals surface area contributed by atoms with Crippen LogP contribution in [0.5, 0.6) is 0 Å². The monoisotopic (exact) mass is 304 g/mol. The summed E-state index contributed by atoms with van der Waals surface area (Å²) >= 11 is 5.95. The van der Waals surface area contributed by atoms with Gasteiger partial charge in [-0.05, 0) is 17.7 Å². The molecule has 0 atom stereocenters. The molecule has 3 rings (SSSR count). The zero-order chi connectivity index (χ0) is 14.5. The van der Waals surface area contributed by atoms with Gasteiger partial charge in [-0.1, -0.05) is 54.1 Å². The number of hydrogen-bond donors (Lipinski definition) is 0. The van der Waals surface area contributed by atoms with Crippen LogP contribution >= 0.6 is 11.6 Å². The molecule has 3 nitrogen and oxygen atoms in total. The van der Waals surface area contributed by atoms with Crippen LogP contribution in [0.15, 0.2) is 54.6 Å². The van der Waals surface area contributed by atoms with Crippen LogP contribution in [0.1, 0.15) is 17.4 Å². The number of rotatable bonds is 4. The van der Waals surface area contributed by atoms with Gasteiger partial charge in [0.25, 0.3) is 0 Å². The van der Waals surface area contributed by atoms with Crippen molar-refractivity contribution in [2.75, 3.05) is 13.2 Å². The largest absolute Gasteiger partial charge is 0.369 e. The molecule has 1 heterocycles. The molecule has 0 radical (unpaired) electrons. The van der Waals surface area contributed by atoms with Gasteiger partial charge in [0.1, 0.15) is 6.10 Å². The molecule has 0 aromatic heterocycles. The highest BCUT2D eigenvalue weighted by molar-refractivity contribution is 6.30. The predicted octanol–water partition coefficient (Wildman–Crippen LogP) is 3.97. The van der Waals surface area contributed by atoms with Gasteiger partial charge >= 0.3 is 0 Å². The van der Waals surface area contributed by atoms with E-state index >= 15 is 0 Å². The Labute approximate surface area is 129 Å². The molecule has 0 aliphatic carbocycles. The summed E-state index contributed by atoms with van der Waals surface area (Å²) in [5.74, 6) is 0. The van der Waals surface area contributed by atoms with Crippen LogP contribution in [-0.4, -0.2) is 19.3 Å². The van der Waals surface area contributed by atoms with E-state index in [4.69, 9.17) is 25.8 Å². The van der Waals surface area contributed by atoms with E-state index in [1.165, 1.54) is 0 Å². The minimum absolute atomic E-state index is 0.0519. The molecule has 4 heteroatoms. The van der Waals surface area contributed by atoms with Crippen LogP contribution in [0.3, 0.4) is 0 Å². The van der Waals surface area contributed by atoms with Gasteiger partial charge in [0.15, 0.2) is 6.29 Å². The molecule has 21 heavy (non-hydrogen) atoms. The van der Waals surface area contributed by atoms with E-state index in [0.29, 0.717) is 19.8 Å². The normalized spacial score (nSPS) is 22.1. The van der Waals surface area contributed by atoms with E-state index in [2.05, 4.69) is 0 Å². The van der Waals surface area contributed by atoms with E-state index in [9.17, 15) is 0 Å². The van der Waals surface area contributed by atoms with Crippen molar-refractivity contribution < 1.29 is 14.2 Å². The Bertz CT molecular complexity index is 565. The zero-order valence-electron chi connectivity index (χ0n) is 11.6. The molecular formula is C17H17ClO3. The van der Waals surface area contributed by atoms with E-state index in [1.807, 2.05) is 54.6 Å². The molecule has 0 spiro atoms. The SMILES string of the molecule is Clc1cccc(CO[C@H]2CO[C@@H](c3ccccc3)OC2)c1. The highest BCUT2D eigenvalue weighted by atomic mass is 35.5. The van der Waals surface area contributed by atoms with Gasteiger partial charge in [-0.3, -0.25) is 0 Å². The average molecular weight is 305 g/mol. The maximum atomic E-state index is 5.95. The summed E-state index contributed by atoms with van der Waals surface area (Å²) in [6.07, 6.45) is -0.346. The Kier molecular flexibility index (Phi) is 4.88. The third-order valence-electron chi connectivity index (χ3n) is 3.31. The molecule has 0 bridgehead atoms. The Morgan fingerprint density at radius 1 is 1.00 bits per heavy atom. The van der Waals surface area contributed by atoms with Crippen LogP contribution < -0.4 is 0 Å². The molecule has 0 unspecified atom stereocenters. The van der Waals surface area contributed by atoms with Gasteiger partial charge in [0, 0.05) is 10.6 Å². The van der Waals surface area contributed by atoms with Gasteiger partial charge in [-0.2, -0.15) is 0 Å². The second kappa shape index (κ2) is 7.05. The van der Waals surface area contributed by atoms with Crippen LogP contribution in [0.2, 0.25) is 5.02 Å². The van der Waals surface area contributed by atoms with Gasteiger partial charge in [0.05, 0.1) is 19.8 Å². The number of ether oxygens (including phenoxy) is 3. The first-order valence-electron chi connectivity index (χ1n) is 6.95. The van der Waals surface area contributed by atoms with Crippen molar-refractivity contribution in [1.82, 2.24) is 0 Å². The second-order valence-electron chi connectivity index (χ2n) is 4.97. The van der Waals surface area contributed by atoms with Crippen LogP contribution in [0, 0.1) is 0 Å². The maximum Gasteiger partial charge on any atom is 0.184 e. The third kappa shape index (κ3) is 4.05. The van der Waals surface area contributed by atoms with E-state index < -0.39 is 0 Å². The lowest BCUT2D eigenvalue weighted by molar-refractivity contribution is -0.232. The number of halogens is 1. The summed E-state index contributed by atoms with van der Waals surface area (Å²) in [7, 11) is 0. The summed E-state index contributed by atoms with van der Waals surface area (Å²) in [6.45, 7) is 1.56. The van der Waals surface area contributed by atoms with Gasteiger partial charge < -0.3 is 14.2 Å². The molecule has 1 aliphatic rings. The zero-order valence-corrected chi connectivity index (χ0v) is 12.3. The van der Waals surface area contributed by atoms with Crippen molar-refractivity contribution in [3.8, 4) is 0 Å². The summed E-state index contributed by atoms with van der Waals surface area (Å²) in [4.78, 5) is 0. The van der Waals surface area contributed by atoms with Gasteiger partial charge in [-0.15, -0.1) is 0 Å². The molecule has 0 N–H and O–H groups in total. The van der Waals surface area contributed by atoms with E-state index in [1.54, 1.807) is 0 Å². The van der Waals surface area contributed by atoms with Crippen LogP contribution in [0.4, 0.5) is 0 Å².